The van der Waals surface area contributed by atoms with Crippen molar-refractivity contribution in [2.24, 2.45) is 0 Å². The number of aliphatic hydroxyl groups excluding tert-OH is 3. The molecule has 1 heterocycles. The Hall–Kier alpha value is -0.270. The molecule has 1 rings (SSSR count). The fourth-order valence-corrected chi connectivity index (χ4v) is 0.807. The molecule has 0 aromatic heterocycles. The van der Waals surface area contributed by atoms with Crippen molar-refractivity contribution in [3.8, 4) is 0 Å². The molecule has 0 radical (unpaired) electrons. The Bertz CT molecular complexity index is 129. The summed E-state index contributed by atoms with van der Waals surface area (Å²) in [6.45, 7) is 0. The molecule has 0 spiro atoms. The first kappa shape index (κ1) is 8.82. The second-order valence-corrected chi connectivity index (χ2v) is 2.33. The molecule has 3 N–H and O–H groups in total. The van der Waals surface area contributed by atoms with E-state index in [0.717, 1.165) is 0 Å². The van der Waals surface area contributed by atoms with Crippen molar-refractivity contribution in [3.05, 3.63) is 0 Å². The van der Waals surface area contributed by atoms with Crippen molar-refractivity contribution in [3.63, 3.8) is 0 Å². The quantitative estimate of drug-likeness (QED) is 0.359. The Morgan fingerprint density at radius 2 is 1.64 bits per heavy atom. The van der Waals surface area contributed by atoms with Crippen molar-refractivity contribution in [2.45, 2.75) is 31.0 Å². The molecule has 11 heavy (non-hydrogen) atoms. The summed E-state index contributed by atoms with van der Waals surface area (Å²) in [7, 11) is 0. The summed E-state index contributed by atoms with van der Waals surface area (Å²) in [6, 6.07) is 0. The molecule has 0 amide bonds. The lowest BCUT2D eigenvalue weighted by Gasteiger charge is -2.40. The second-order valence-electron chi connectivity index (χ2n) is 2.33. The van der Waals surface area contributed by atoms with Crippen LogP contribution in [0.3, 0.4) is 0 Å². The summed E-state index contributed by atoms with van der Waals surface area (Å²) in [5, 5.41) is 36.6. The maximum absolute atomic E-state index is 12.3. The number of rotatable bonds is 0. The number of hydrogen-bond donors (Lipinski definition) is 3. The van der Waals surface area contributed by atoms with E-state index in [4.69, 9.17) is 15.3 Å². The monoisotopic (exact) mass is 167 g/mol. The summed E-state index contributed by atoms with van der Waals surface area (Å²) >= 11 is 0. The highest BCUT2D eigenvalue weighted by Crippen LogP contribution is 2.18. The summed E-state index contributed by atoms with van der Waals surface area (Å²) in [6.07, 6.45) is -9.67. The number of halogens is 1. The smallest absolute Gasteiger partial charge is 0.226 e. The van der Waals surface area contributed by atoms with Crippen molar-refractivity contribution in [1.29, 1.82) is 0 Å². The van der Waals surface area contributed by atoms with Gasteiger partial charge in [0.15, 0.2) is 0 Å². The molecule has 1 fully saturated rings. The molecule has 6 heteroatoms. The van der Waals surface area contributed by atoms with E-state index < -0.39 is 31.0 Å². The summed E-state index contributed by atoms with van der Waals surface area (Å²) in [5.41, 5.74) is 0. The molecule has 66 valence electrons. The van der Waals surface area contributed by atoms with Crippen LogP contribution in [0.25, 0.3) is 0 Å². The van der Waals surface area contributed by atoms with E-state index in [-0.39, 0.29) is 0 Å². The van der Waals surface area contributed by atoms with Gasteiger partial charge in [-0.1, -0.05) is 0 Å². The van der Waals surface area contributed by atoms with Gasteiger partial charge in [-0.25, -0.2) is 4.39 Å². The standard InChI is InChI=1S/C5H8FO5/c6-4-2(8)1(7)3(9)5(10)11-4/h1-5,7-9H/q-1/t1-,2+,3-,4-,5+/m1/s1. The summed E-state index contributed by atoms with van der Waals surface area (Å²) in [5.74, 6) is 0. The van der Waals surface area contributed by atoms with Crippen LogP contribution in [0.1, 0.15) is 0 Å². The topological polar surface area (TPSA) is 93.0 Å². The zero-order valence-electron chi connectivity index (χ0n) is 5.42. The maximum atomic E-state index is 12.3. The molecule has 0 aromatic rings. The molecule has 1 aliphatic rings. The SMILES string of the molecule is [O-][C@H]1O[C@@H](F)[C@@H](O)[C@@H](O)[C@H]1O. The van der Waals surface area contributed by atoms with Crippen LogP contribution in [0, 0.1) is 0 Å². The lowest BCUT2D eigenvalue weighted by Crippen LogP contribution is -2.60. The van der Waals surface area contributed by atoms with Gasteiger partial charge in [-0.2, -0.15) is 0 Å². The van der Waals surface area contributed by atoms with E-state index >= 15 is 0 Å². The average molecular weight is 167 g/mol. The third-order valence-electron chi connectivity index (χ3n) is 1.51. The third-order valence-corrected chi connectivity index (χ3v) is 1.51. The van der Waals surface area contributed by atoms with Crippen LogP contribution in [0.5, 0.6) is 0 Å². The van der Waals surface area contributed by atoms with Crippen molar-refractivity contribution < 1.29 is 29.6 Å². The highest BCUT2D eigenvalue weighted by atomic mass is 19.1. The minimum absolute atomic E-state index is 1.78. The normalized spacial score (nSPS) is 52.6. The van der Waals surface area contributed by atoms with Gasteiger partial charge in [0.2, 0.25) is 6.36 Å². The highest BCUT2D eigenvalue weighted by Gasteiger charge is 2.39. The minimum atomic E-state index is -2.23. The first-order valence-corrected chi connectivity index (χ1v) is 3.03. The van der Waals surface area contributed by atoms with Crippen molar-refractivity contribution in [2.75, 3.05) is 0 Å². The molecule has 0 aromatic carbocycles. The Kier molecular flexibility index (Phi) is 2.40. The predicted octanol–water partition coefficient (Wildman–Crippen LogP) is -2.92. The van der Waals surface area contributed by atoms with Gasteiger partial charge in [-0.15, -0.1) is 0 Å². The van der Waals surface area contributed by atoms with Gasteiger partial charge in [0, 0.05) is 6.29 Å². The molecule has 0 bridgehead atoms. The van der Waals surface area contributed by atoms with Crippen LogP contribution in [-0.2, 0) is 4.74 Å². The summed E-state index contributed by atoms with van der Waals surface area (Å²) < 4.78 is 16.2. The van der Waals surface area contributed by atoms with Crippen LogP contribution in [0.15, 0.2) is 0 Å². The van der Waals surface area contributed by atoms with Gasteiger partial charge >= 0.3 is 0 Å². The molecule has 1 saturated heterocycles. The van der Waals surface area contributed by atoms with Gasteiger partial charge < -0.3 is 25.2 Å². The molecule has 0 saturated carbocycles. The Balaban J connectivity index is 2.63. The molecule has 5 nitrogen and oxygen atoms in total. The van der Waals surface area contributed by atoms with E-state index in [1.54, 1.807) is 0 Å². The van der Waals surface area contributed by atoms with E-state index in [0.29, 0.717) is 0 Å². The predicted molar refractivity (Wildman–Crippen MR) is 27.8 cm³/mol. The number of aliphatic hydroxyl groups is 3. The molecular weight excluding hydrogens is 159 g/mol. The van der Waals surface area contributed by atoms with Gasteiger partial charge in [-0.3, -0.25) is 0 Å². The lowest BCUT2D eigenvalue weighted by molar-refractivity contribution is -0.538. The lowest BCUT2D eigenvalue weighted by atomic mass is 10.1. The van der Waals surface area contributed by atoms with Gasteiger partial charge in [0.25, 0.3) is 0 Å². The van der Waals surface area contributed by atoms with Gasteiger partial charge in [-0.05, 0) is 0 Å². The van der Waals surface area contributed by atoms with Crippen molar-refractivity contribution in [1.82, 2.24) is 0 Å². The minimum Gasteiger partial charge on any atom is -0.829 e. The highest BCUT2D eigenvalue weighted by molar-refractivity contribution is 4.83. The molecular formula is C5H8FO5-. The van der Waals surface area contributed by atoms with E-state index in [9.17, 15) is 9.50 Å². The van der Waals surface area contributed by atoms with Crippen molar-refractivity contribution >= 4 is 0 Å². The first-order valence-electron chi connectivity index (χ1n) is 3.03. The Morgan fingerprint density at radius 1 is 1.09 bits per heavy atom. The number of hydrogen-bond acceptors (Lipinski definition) is 5. The van der Waals surface area contributed by atoms with E-state index in [1.807, 2.05) is 0 Å². The third kappa shape index (κ3) is 1.49. The largest absolute Gasteiger partial charge is 0.829 e. The second kappa shape index (κ2) is 3.00. The van der Waals surface area contributed by atoms with Crippen LogP contribution in [-0.4, -0.2) is 46.3 Å². The molecule has 5 atom stereocenters. The number of alkyl halides is 1. The Labute approximate surface area is 61.6 Å². The molecule has 0 aliphatic carbocycles. The van der Waals surface area contributed by atoms with Gasteiger partial charge in [0.1, 0.15) is 12.2 Å². The number of ether oxygens (including phenoxy) is 1. The van der Waals surface area contributed by atoms with Crippen LogP contribution < -0.4 is 5.11 Å². The fourth-order valence-electron chi connectivity index (χ4n) is 0.807. The fraction of sp³-hybridized carbons (Fsp3) is 1.00. The summed E-state index contributed by atoms with van der Waals surface area (Å²) in [4.78, 5) is 0. The first-order chi connectivity index (χ1) is 5.04. The maximum Gasteiger partial charge on any atom is 0.226 e. The van der Waals surface area contributed by atoms with Gasteiger partial charge in [0.05, 0.1) is 6.10 Å². The van der Waals surface area contributed by atoms with Crippen LogP contribution >= 0.6 is 0 Å². The van der Waals surface area contributed by atoms with E-state index in [1.165, 1.54) is 0 Å². The zero-order valence-corrected chi connectivity index (χ0v) is 5.42. The zero-order chi connectivity index (χ0) is 8.59. The molecule has 0 unspecified atom stereocenters. The average Bonchev–Trinajstić information content (AvgIpc) is 1.97. The molecule has 1 aliphatic heterocycles. The van der Waals surface area contributed by atoms with E-state index in [2.05, 4.69) is 4.74 Å². The Morgan fingerprint density at radius 3 is 2.18 bits per heavy atom. The van der Waals surface area contributed by atoms with Crippen LogP contribution in [0.2, 0.25) is 0 Å². The van der Waals surface area contributed by atoms with Crippen LogP contribution in [0.4, 0.5) is 4.39 Å².